The van der Waals surface area contributed by atoms with E-state index in [1.165, 1.54) is 0 Å². The summed E-state index contributed by atoms with van der Waals surface area (Å²) in [5, 5.41) is 1.68. The van der Waals surface area contributed by atoms with Crippen LogP contribution in [0.5, 0.6) is 0 Å². The number of rotatable bonds is 6. The third kappa shape index (κ3) is 4.26. The van der Waals surface area contributed by atoms with Crippen LogP contribution in [0.25, 0.3) is 11.1 Å². The van der Waals surface area contributed by atoms with Crippen LogP contribution >= 0.6 is 11.3 Å². The molecule has 28 heavy (non-hydrogen) atoms. The van der Waals surface area contributed by atoms with Crippen molar-refractivity contribution < 1.29 is 17.9 Å². The van der Waals surface area contributed by atoms with Crippen LogP contribution in [0.3, 0.4) is 0 Å². The van der Waals surface area contributed by atoms with E-state index in [4.69, 9.17) is 4.74 Å². The molecule has 0 aliphatic rings. The number of aryl methyl sites for hydroxylation is 2. The van der Waals surface area contributed by atoms with Crippen LogP contribution < -0.4 is 4.72 Å². The number of esters is 1. The smallest absolute Gasteiger partial charge is 0.349 e. The van der Waals surface area contributed by atoms with Crippen LogP contribution in [0, 0.1) is 13.8 Å². The predicted octanol–water partition coefficient (Wildman–Crippen LogP) is 5.01. The molecule has 3 aromatic rings. The number of carbonyl (C=O) groups excluding carboxylic acids is 1. The van der Waals surface area contributed by atoms with Gasteiger partial charge in [0.2, 0.25) is 0 Å². The summed E-state index contributed by atoms with van der Waals surface area (Å²) >= 11 is 1.07. The number of thiophene rings is 1. The lowest BCUT2D eigenvalue weighted by atomic mass is 10.1. The molecule has 1 N–H and O–H groups in total. The Labute approximate surface area is 169 Å². The van der Waals surface area contributed by atoms with Crippen LogP contribution in [0.2, 0.25) is 0 Å². The van der Waals surface area contributed by atoms with E-state index in [9.17, 15) is 13.2 Å². The maximum absolute atomic E-state index is 13.3. The first kappa shape index (κ1) is 20.1. The van der Waals surface area contributed by atoms with E-state index < -0.39 is 16.0 Å². The van der Waals surface area contributed by atoms with Gasteiger partial charge in [0.1, 0.15) is 9.77 Å². The maximum Gasteiger partial charge on any atom is 0.349 e. The summed E-state index contributed by atoms with van der Waals surface area (Å²) in [6.45, 7) is 5.69. The quantitative estimate of drug-likeness (QED) is 0.575. The van der Waals surface area contributed by atoms with Gasteiger partial charge in [0.25, 0.3) is 10.0 Å². The second kappa shape index (κ2) is 8.16. The van der Waals surface area contributed by atoms with Crippen molar-refractivity contribution in [3.63, 3.8) is 0 Å². The summed E-state index contributed by atoms with van der Waals surface area (Å²) in [6.07, 6.45) is 0. The molecule has 2 aromatic carbocycles. The molecule has 0 unspecified atom stereocenters. The Morgan fingerprint density at radius 3 is 2.43 bits per heavy atom. The summed E-state index contributed by atoms with van der Waals surface area (Å²) in [5.74, 6) is -0.643. The number of hydrogen-bond donors (Lipinski definition) is 1. The van der Waals surface area contributed by atoms with Crippen molar-refractivity contribution in [2.24, 2.45) is 0 Å². The first-order valence-corrected chi connectivity index (χ1v) is 11.1. The molecule has 0 aliphatic heterocycles. The monoisotopic (exact) mass is 415 g/mol. The van der Waals surface area contributed by atoms with Gasteiger partial charge >= 0.3 is 5.97 Å². The average molecular weight is 416 g/mol. The van der Waals surface area contributed by atoms with Crippen LogP contribution in [0.1, 0.15) is 27.7 Å². The van der Waals surface area contributed by atoms with E-state index in [2.05, 4.69) is 4.72 Å². The third-order valence-corrected chi connectivity index (χ3v) is 6.66. The van der Waals surface area contributed by atoms with Gasteiger partial charge in [-0.1, -0.05) is 42.0 Å². The lowest BCUT2D eigenvalue weighted by molar-refractivity contribution is 0.0528. The molecule has 7 heteroatoms. The Hall–Kier alpha value is -2.64. The largest absolute Gasteiger partial charge is 0.462 e. The van der Waals surface area contributed by atoms with Crippen molar-refractivity contribution in [2.75, 3.05) is 11.3 Å². The lowest BCUT2D eigenvalue weighted by Gasteiger charge is -2.12. The molecule has 0 radical (unpaired) electrons. The fourth-order valence-corrected chi connectivity index (χ4v) is 5.54. The molecular formula is C21H21NO4S2. The zero-order valence-electron chi connectivity index (χ0n) is 15.9. The molecule has 0 atom stereocenters. The number of benzene rings is 2. The molecule has 1 heterocycles. The maximum atomic E-state index is 13.3. The van der Waals surface area contributed by atoms with E-state index in [0.29, 0.717) is 11.3 Å². The minimum atomic E-state index is -4.01. The van der Waals surface area contributed by atoms with Crippen molar-refractivity contribution in [2.45, 2.75) is 25.7 Å². The number of ether oxygens (including phenoxy) is 1. The molecule has 1 aromatic heterocycles. The number of sulfonamides is 1. The van der Waals surface area contributed by atoms with Crippen molar-refractivity contribution in [1.82, 2.24) is 0 Å². The number of hydrogen-bond acceptors (Lipinski definition) is 5. The topological polar surface area (TPSA) is 72.5 Å². The van der Waals surface area contributed by atoms with Gasteiger partial charge in [0, 0.05) is 16.6 Å². The minimum absolute atomic E-state index is 0.0543. The molecule has 0 spiro atoms. The highest BCUT2D eigenvalue weighted by molar-refractivity contribution is 7.93. The Bertz CT molecular complexity index is 1100. The normalized spacial score (nSPS) is 11.2. The van der Waals surface area contributed by atoms with E-state index in [-0.39, 0.29) is 16.4 Å². The van der Waals surface area contributed by atoms with Crippen molar-refractivity contribution in [1.29, 1.82) is 0 Å². The summed E-state index contributed by atoms with van der Waals surface area (Å²) in [4.78, 5) is 12.4. The highest BCUT2D eigenvalue weighted by Crippen LogP contribution is 2.37. The first-order chi connectivity index (χ1) is 13.3. The highest BCUT2D eigenvalue weighted by Gasteiger charge is 2.30. The van der Waals surface area contributed by atoms with Gasteiger partial charge in [0.15, 0.2) is 0 Å². The Kier molecular flexibility index (Phi) is 5.86. The molecular weight excluding hydrogens is 394 g/mol. The van der Waals surface area contributed by atoms with Crippen molar-refractivity contribution in [3.8, 4) is 11.1 Å². The molecule has 3 rings (SSSR count). The van der Waals surface area contributed by atoms with E-state index in [1.54, 1.807) is 30.5 Å². The number of anilines is 1. The molecule has 0 saturated carbocycles. The van der Waals surface area contributed by atoms with Crippen LogP contribution in [0.4, 0.5) is 5.69 Å². The fraction of sp³-hybridized carbons (Fsp3) is 0.190. The minimum Gasteiger partial charge on any atom is -0.462 e. The van der Waals surface area contributed by atoms with Gasteiger partial charge in [-0.15, -0.1) is 11.3 Å². The van der Waals surface area contributed by atoms with Gasteiger partial charge in [-0.3, -0.25) is 4.72 Å². The standard InChI is InChI=1S/C21H21NO4S2/c1-4-26-21(23)19-20(18(13-27-19)16-10-8-14(2)9-11-16)28(24,25)22-17-7-5-6-15(3)12-17/h5-13,22H,4H2,1-3H3. The Balaban J connectivity index is 2.13. The molecule has 0 bridgehead atoms. The van der Waals surface area contributed by atoms with Crippen LogP contribution in [0.15, 0.2) is 58.8 Å². The van der Waals surface area contributed by atoms with E-state index in [0.717, 1.165) is 28.0 Å². The fourth-order valence-electron chi connectivity index (χ4n) is 2.80. The van der Waals surface area contributed by atoms with Gasteiger partial charge in [-0.25, -0.2) is 13.2 Å². The predicted molar refractivity (Wildman–Crippen MR) is 112 cm³/mol. The Morgan fingerprint density at radius 1 is 1.07 bits per heavy atom. The molecule has 146 valence electrons. The zero-order chi connectivity index (χ0) is 20.3. The van der Waals surface area contributed by atoms with Crippen LogP contribution in [-0.2, 0) is 14.8 Å². The van der Waals surface area contributed by atoms with E-state index >= 15 is 0 Å². The first-order valence-electron chi connectivity index (χ1n) is 8.77. The van der Waals surface area contributed by atoms with Gasteiger partial charge in [0.05, 0.1) is 6.61 Å². The molecule has 0 saturated heterocycles. The van der Waals surface area contributed by atoms with Crippen molar-refractivity contribution in [3.05, 3.63) is 69.9 Å². The summed E-state index contributed by atoms with van der Waals surface area (Å²) < 4.78 is 34.2. The zero-order valence-corrected chi connectivity index (χ0v) is 17.5. The molecule has 0 amide bonds. The van der Waals surface area contributed by atoms with Crippen molar-refractivity contribution >= 4 is 33.0 Å². The lowest BCUT2D eigenvalue weighted by Crippen LogP contribution is -2.17. The summed E-state index contributed by atoms with van der Waals surface area (Å²) in [6, 6.07) is 14.6. The van der Waals surface area contributed by atoms with Gasteiger partial charge in [-0.05, 0) is 44.0 Å². The average Bonchev–Trinajstić information content (AvgIpc) is 3.08. The SMILES string of the molecule is CCOC(=O)c1scc(-c2ccc(C)cc2)c1S(=O)(=O)Nc1cccc(C)c1. The second-order valence-electron chi connectivity index (χ2n) is 6.37. The number of nitrogens with one attached hydrogen (secondary N) is 1. The number of carbonyl (C=O) groups is 1. The van der Waals surface area contributed by atoms with Crippen LogP contribution in [-0.4, -0.2) is 21.0 Å². The second-order valence-corrected chi connectivity index (χ2v) is 8.87. The summed E-state index contributed by atoms with van der Waals surface area (Å²) in [5.41, 5.74) is 3.63. The van der Waals surface area contributed by atoms with Gasteiger partial charge in [-0.2, -0.15) is 0 Å². The molecule has 0 fully saturated rings. The van der Waals surface area contributed by atoms with E-state index in [1.807, 2.05) is 44.2 Å². The Morgan fingerprint density at radius 2 is 1.79 bits per heavy atom. The summed E-state index contributed by atoms with van der Waals surface area (Å²) in [7, 11) is -4.01. The van der Waals surface area contributed by atoms with Gasteiger partial charge < -0.3 is 4.74 Å². The molecule has 0 aliphatic carbocycles. The molecule has 5 nitrogen and oxygen atoms in total. The third-order valence-electron chi connectivity index (χ3n) is 4.11. The highest BCUT2D eigenvalue weighted by atomic mass is 32.2.